The molecule has 12 aromatic rings. The number of rotatable bonds is 8. The number of aromatic nitrogens is 24. The molecular formula is C60H84N24Si4. The summed E-state index contributed by atoms with van der Waals surface area (Å²) < 4.78 is 39.9. The van der Waals surface area contributed by atoms with Crippen molar-refractivity contribution < 1.29 is 17.4 Å². The van der Waals surface area contributed by atoms with Crippen molar-refractivity contribution in [3.05, 3.63) is 209 Å². The van der Waals surface area contributed by atoms with Gasteiger partial charge in [0.2, 0.25) is 0 Å². The summed E-state index contributed by atoms with van der Waals surface area (Å²) in [6.45, 7) is 52.1. The molecule has 88 heavy (non-hydrogen) atoms. The molecule has 0 fully saturated rings. The normalized spacial score (nSPS) is 19.9. The van der Waals surface area contributed by atoms with Crippen LogP contribution in [-0.2, 0) is 0 Å². The van der Waals surface area contributed by atoms with Crippen LogP contribution in [0.25, 0.3) is 0 Å². The second-order valence-electron chi connectivity index (χ2n) is 27.1. The summed E-state index contributed by atoms with van der Waals surface area (Å²) in [5, 5.41) is 44.2. The molecule has 0 saturated heterocycles. The van der Waals surface area contributed by atoms with Gasteiger partial charge >= 0.3 is 516 Å². The quantitative estimate of drug-likeness (QED) is 0.190. The van der Waals surface area contributed by atoms with Crippen LogP contribution in [0, 0.1) is 166 Å². The van der Waals surface area contributed by atoms with Gasteiger partial charge in [0.1, 0.15) is 0 Å². The van der Waals surface area contributed by atoms with Crippen molar-refractivity contribution in [1.29, 1.82) is 0 Å². The first-order chi connectivity index (χ1) is 41.4. The van der Waals surface area contributed by atoms with Crippen molar-refractivity contribution in [3.63, 3.8) is 0 Å². The van der Waals surface area contributed by atoms with E-state index in [4.69, 9.17) is 40.8 Å². The molecule has 460 valence electrons. The monoisotopic (exact) mass is 1250 g/mol. The molecule has 0 saturated carbocycles. The Bertz CT molecular complexity index is 4230. The van der Waals surface area contributed by atoms with Gasteiger partial charge in [-0.25, -0.2) is 0 Å². The third-order valence-corrected chi connectivity index (χ3v) is 65.4. The molecule has 4 aliphatic rings. The molecule has 0 atom stereocenters. The average Bonchev–Trinajstić information content (AvgIpc) is 1.07. The van der Waals surface area contributed by atoms with Gasteiger partial charge in [0, 0.05) is 0 Å². The van der Waals surface area contributed by atoms with Crippen LogP contribution < -0.4 is 17.4 Å². The number of fused-ring (bicyclic) bond motifs is 14. The summed E-state index contributed by atoms with van der Waals surface area (Å²) >= 11 is 0. The van der Waals surface area contributed by atoms with E-state index in [1.54, 1.807) is 0 Å². The molecule has 0 spiro atoms. The Labute approximate surface area is 513 Å². The first-order valence-corrected chi connectivity index (χ1v) is 41.9. The zero-order chi connectivity index (χ0) is 63.0. The van der Waals surface area contributed by atoms with Gasteiger partial charge in [-0.3, -0.25) is 0 Å². The SMILES string of the molecule is Cc1cc(C)n([Si-]23(n4nc(C)cc4C)n4c(C)cc(C)[n+]4[Si-]2(n2nc(C)cc2C)(n2nc(C)cc2C)n2c(C)cc(C)[n+]23)n1.Cc1cc(C)n([Si-]23(n4nc(C)cc4C)n4c(C)cc(C)[n+]4[Si-]2(n2nc(C)cc2C)(n2nc(C)cc2C)n2c(C)cc(C)[n+]23)n1. The van der Waals surface area contributed by atoms with Crippen LogP contribution in [0.1, 0.15) is 137 Å². The minimum atomic E-state index is -4.64. The van der Waals surface area contributed by atoms with Gasteiger partial charge in [-0.2, -0.15) is 0 Å². The van der Waals surface area contributed by atoms with Crippen molar-refractivity contribution in [1.82, 2.24) is 93.0 Å². The summed E-state index contributed by atoms with van der Waals surface area (Å²) in [6, 6.07) is 26.9. The van der Waals surface area contributed by atoms with Gasteiger partial charge in [0.05, 0.1) is 0 Å². The first-order valence-electron chi connectivity index (χ1n) is 30.8. The summed E-state index contributed by atoms with van der Waals surface area (Å²) in [6.07, 6.45) is 0. The minimum absolute atomic E-state index is 0.969. The maximum atomic E-state index is 5.53. The van der Waals surface area contributed by atoms with Crippen LogP contribution in [0.15, 0.2) is 72.8 Å². The topological polar surface area (TPSA) is 178 Å². The molecule has 0 amide bonds. The predicted octanol–water partition coefficient (Wildman–Crippen LogP) is 5.04. The van der Waals surface area contributed by atoms with E-state index in [0.29, 0.717) is 0 Å². The van der Waals surface area contributed by atoms with Gasteiger partial charge in [-0.05, 0) is 0 Å². The Morgan fingerprint density at radius 1 is 0.193 bits per heavy atom. The number of hydrogen-bond acceptors (Lipinski definition) is 8. The van der Waals surface area contributed by atoms with Crippen molar-refractivity contribution in [3.8, 4) is 0 Å². The Morgan fingerprint density at radius 2 is 0.318 bits per heavy atom. The van der Waals surface area contributed by atoms with E-state index in [0.717, 1.165) is 137 Å². The zero-order valence-electron chi connectivity index (χ0n) is 55.7. The van der Waals surface area contributed by atoms with Gasteiger partial charge < -0.3 is 0 Å². The van der Waals surface area contributed by atoms with Gasteiger partial charge in [0.25, 0.3) is 0 Å². The van der Waals surface area contributed by atoms with Crippen molar-refractivity contribution in [2.45, 2.75) is 166 Å². The van der Waals surface area contributed by atoms with Crippen LogP contribution in [0.4, 0.5) is 0 Å². The fraction of sp³-hybridized carbons (Fsp3) is 0.400. The Balaban J connectivity index is 0.000000148. The van der Waals surface area contributed by atoms with Crippen LogP contribution >= 0.6 is 0 Å². The van der Waals surface area contributed by atoms with E-state index in [2.05, 4.69) is 309 Å². The first kappa shape index (κ1) is 55.9. The molecule has 16 rings (SSSR count). The maximum absolute atomic E-state index is 5.53. The predicted molar refractivity (Wildman–Crippen MR) is 339 cm³/mol. The molecule has 0 N–H and O–H groups in total. The number of aryl methyl sites for hydroxylation is 24. The third kappa shape index (κ3) is 4.66. The summed E-state index contributed by atoms with van der Waals surface area (Å²) in [5.74, 6) is 0. The van der Waals surface area contributed by atoms with Crippen molar-refractivity contribution in [2.24, 2.45) is 0 Å². The van der Waals surface area contributed by atoms with Crippen molar-refractivity contribution >= 4 is 30.1 Å². The third-order valence-electron chi connectivity index (χ3n) is 21.1. The number of nitrogens with zero attached hydrogens (tertiary/aromatic N) is 24. The molecule has 4 aliphatic heterocycles. The Kier molecular flexibility index (Phi) is 10.2. The Hall–Kier alpha value is -8.61. The standard InChI is InChI=1S/2C30H42N12Si2/c2*1-19-13-23(5)35(31-19)43(36-24(6)14-20(2)32-36)39-27(9)17-29(11)41(39)44(43,37-25(7)15-21(3)33-37,38-26(8)16-22(4)34-38)42-30(12)18-28(10)40(42)43/h2*13-18H,1-12H3. The number of hydrogen-bond donors (Lipinski definition) is 0. The molecule has 0 unspecified atom stereocenters. The molecule has 16 heterocycles. The average molecular weight is 1250 g/mol. The van der Waals surface area contributed by atoms with Crippen molar-refractivity contribution in [2.75, 3.05) is 0 Å². The second kappa shape index (κ2) is 16.0. The second-order valence-corrected chi connectivity index (χ2v) is 53.0. The van der Waals surface area contributed by atoms with Crippen LogP contribution in [0.5, 0.6) is 0 Å². The van der Waals surface area contributed by atoms with E-state index in [1.165, 1.54) is 0 Å². The molecule has 24 nitrogen and oxygen atoms in total. The molecular weight excluding hydrogens is 1170 g/mol. The van der Waals surface area contributed by atoms with Gasteiger partial charge in [0.15, 0.2) is 0 Å². The molecule has 28 heteroatoms. The Morgan fingerprint density at radius 3 is 0.420 bits per heavy atom. The van der Waals surface area contributed by atoms with E-state index < -0.39 is 30.1 Å². The zero-order valence-corrected chi connectivity index (χ0v) is 59.7. The molecule has 0 aliphatic carbocycles. The van der Waals surface area contributed by atoms with E-state index in [1.807, 2.05) is 0 Å². The summed E-state index contributed by atoms with van der Waals surface area (Å²) in [4.78, 5) is 0. The molecule has 12 aromatic heterocycles. The van der Waals surface area contributed by atoms with Gasteiger partial charge in [-0.1, -0.05) is 0 Å². The van der Waals surface area contributed by atoms with Crippen LogP contribution in [0.2, 0.25) is 0 Å². The van der Waals surface area contributed by atoms with Crippen LogP contribution in [0.3, 0.4) is 0 Å². The molecule has 0 aromatic carbocycles. The van der Waals surface area contributed by atoms with Gasteiger partial charge in [-0.15, -0.1) is 0 Å². The van der Waals surface area contributed by atoms with E-state index in [-0.39, 0.29) is 0 Å². The van der Waals surface area contributed by atoms with E-state index >= 15 is 0 Å². The molecule has 0 radical (unpaired) electrons. The van der Waals surface area contributed by atoms with Crippen LogP contribution in [-0.4, -0.2) is 123 Å². The fourth-order valence-electron chi connectivity index (χ4n) is 20.4. The fourth-order valence-corrected chi connectivity index (χ4v) is 81.2. The summed E-state index contributed by atoms with van der Waals surface area (Å²) in [7, 11) is -18.6. The molecule has 0 bridgehead atoms. The van der Waals surface area contributed by atoms with E-state index in [9.17, 15) is 0 Å². The summed E-state index contributed by atoms with van der Waals surface area (Å²) in [5.41, 5.74) is 25.7.